The molecule has 0 saturated carbocycles. The molecule has 0 fully saturated rings. The number of rotatable bonds is 5. The van der Waals surface area contributed by atoms with Crippen molar-refractivity contribution in [2.24, 2.45) is 0 Å². The van der Waals surface area contributed by atoms with Gasteiger partial charge in [0.2, 0.25) is 0 Å². The number of hydrogen-bond acceptors (Lipinski definition) is 2. The van der Waals surface area contributed by atoms with Crippen molar-refractivity contribution in [3.63, 3.8) is 0 Å². The Bertz CT molecular complexity index is 3720. The van der Waals surface area contributed by atoms with E-state index in [4.69, 9.17) is 0 Å². The molecule has 0 amide bonds. The predicted octanol–water partition coefficient (Wildman–Crippen LogP) is 16.0. The van der Waals surface area contributed by atoms with E-state index in [1.807, 2.05) is 11.3 Å². The van der Waals surface area contributed by atoms with Crippen LogP contribution in [0, 0.1) is 0 Å². The fourth-order valence-corrected chi connectivity index (χ4v) is 11.9. The van der Waals surface area contributed by atoms with Gasteiger partial charge in [0.05, 0.1) is 31.5 Å². The summed E-state index contributed by atoms with van der Waals surface area (Å²) in [7, 11) is 0. The molecule has 4 heteroatoms. The molecule has 13 rings (SSSR count). The van der Waals surface area contributed by atoms with E-state index in [-0.39, 0.29) is 5.41 Å². The normalized spacial score (nSPS) is 13.2. The van der Waals surface area contributed by atoms with Gasteiger partial charge in [-0.1, -0.05) is 141 Å². The number of nitrogens with zero attached hydrogens (tertiary/aromatic N) is 3. The van der Waals surface area contributed by atoms with Gasteiger partial charge in [-0.25, -0.2) is 0 Å². The highest BCUT2D eigenvalue weighted by Gasteiger charge is 2.35. The van der Waals surface area contributed by atoms with Crippen LogP contribution in [0.1, 0.15) is 25.0 Å². The molecule has 0 bridgehead atoms. The first-order chi connectivity index (χ1) is 30.0. The van der Waals surface area contributed by atoms with Gasteiger partial charge in [-0.05, 0) is 95.1 Å². The first-order valence-corrected chi connectivity index (χ1v) is 21.9. The zero-order chi connectivity index (χ0) is 40.4. The summed E-state index contributed by atoms with van der Waals surface area (Å²) in [6.45, 7) is 4.71. The first kappa shape index (κ1) is 34.5. The van der Waals surface area contributed by atoms with Crippen molar-refractivity contribution in [2.45, 2.75) is 19.3 Å². The highest BCUT2D eigenvalue weighted by Crippen LogP contribution is 2.51. The zero-order valence-corrected chi connectivity index (χ0v) is 34.6. The van der Waals surface area contributed by atoms with Gasteiger partial charge in [0.1, 0.15) is 0 Å². The maximum atomic E-state index is 2.50. The SMILES string of the molecule is CC1(C)c2ccccc2-c2ccc(N(c3ccccc3)c3ccc(-n4c5ccccc5c5ccc6c7ccc8c9ccccc9n(-c9ccccc9)c8c7sc6c54)cc3)cc21. The Hall–Kier alpha value is -7.40. The zero-order valence-electron chi connectivity index (χ0n) is 33.8. The molecular formula is C57H39N3S. The Morgan fingerprint density at radius 2 is 0.852 bits per heavy atom. The van der Waals surface area contributed by atoms with Crippen molar-refractivity contribution < 1.29 is 0 Å². The molecule has 0 saturated heterocycles. The van der Waals surface area contributed by atoms with Crippen molar-refractivity contribution in [1.29, 1.82) is 0 Å². The summed E-state index contributed by atoms with van der Waals surface area (Å²) in [5.41, 5.74) is 16.0. The van der Waals surface area contributed by atoms with Gasteiger partial charge >= 0.3 is 0 Å². The second-order valence-electron chi connectivity index (χ2n) is 16.9. The molecule has 0 radical (unpaired) electrons. The van der Waals surface area contributed by atoms with Crippen LogP contribution in [0.15, 0.2) is 200 Å². The van der Waals surface area contributed by atoms with Crippen LogP contribution in [0.5, 0.6) is 0 Å². The van der Waals surface area contributed by atoms with Gasteiger partial charge in [-0.15, -0.1) is 11.3 Å². The molecule has 0 spiro atoms. The summed E-state index contributed by atoms with van der Waals surface area (Å²) in [5.74, 6) is 0. The summed E-state index contributed by atoms with van der Waals surface area (Å²) in [4.78, 5) is 2.40. The van der Waals surface area contributed by atoms with Crippen LogP contribution in [-0.2, 0) is 5.41 Å². The van der Waals surface area contributed by atoms with Gasteiger partial charge in [-0.3, -0.25) is 0 Å². The Balaban J connectivity index is 1.02. The lowest BCUT2D eigenvalue weighted by molar-refractivity contribution is 0.660. The predicted molar refractivity (Wildman–Crippen MR) is 260 cm³/mol. The molecule has 288 valence electrons. The van der Waals surface area contributed by atoms with Crippen molar-refractivity contribution in [1.82, 2.24) is 9.13 Å². The third-order valence-corrected chi connectivity index (χ3v) is 14.5. The van der Waals surface area contributed by atoms with Gasteiger partial charge in [0.15, 0.2) is 0 Å². The fraction of sp³-hybridized carbons (Fsp3) is 0.0526. The summed E-state index contributed by atoms with van der Waals surface area (Å²) < 4.78 is 7.58. The molecule has 1 aliphatic rings. The number of fused-ring (bicyclic) bond motifs is 14. The highest BCUT2D eigenvalue weighted by atomic mass is 32.1. The summed E-state index contributed by atoms with van der Waals surface area (Å²) in [6.07, 6.45) is 0. The second-order valence-corrected chi connectivity index (χ2v) is 17.9. The molecular weight excluding hydrogens is 759 g/mol. The highest BCUT2D eigenvalue weighted by molar-refractivity contribution is 7.27. The van der Waals surface area contributed by atoms with Crippen LogP contribution >= 0.6 is 11.3 Å². The fourth-order valence-electron chi connectivity index (χ4n) is 10.5. The van der Waals surface area contributed by atoms with Crippen LogP contribution in [0.3, 0.4) is 0 Å². The molecule has 0 aliphatic heterocycles. The smallest absolute Gasteiger partial charge is 0.0719 e. The van der Waals surface area contributed by atoms with E-state index in [2.05, 4.69) is 228 Å². The topological polar surface area (TPSA) is 13.1 Å². The minimum atomic E-state index is -0.0908. The minimum Gasteiger partial charge on any atom is -0.310 e. The van der Waals surface area contributed by atoms with Gasteiger partial charge < -0.3 is 14.0 Å². The Labute approximate surface area is 357 Å². The Kier molecular flexibility index (Phi) is 7.23. The van der Waals surface area contributed by atoms with Crippen LogP contribution in [0.25, 0.3) is 86.3 Å². The molecule has 0 unspecified atom stereocenters. The van der Waals surface area contributed by atoms with Crippen LogP contribution in [0.4, 0.5) is 17.1 Å². The first-order valence-electron chi connectivity index (χ1n) is 21.1. The lowest BCUT2D eigenvalue weighted by Gasteiger charge is -2.28. The summed E-state index contributed by atoms with van der Waals surface area (Å²) >= 11 is 1.93. The number of benzene rings is 9. The summed E-state index contributed by atoms with van der Waals surface area (Å²) in [5, 5.41) is 7.67. The Morgan fingerprint density at radius 1 is 0.377 bits per heavy atom. The monoisotopic (exact) mass is 797 g/mol. The lowest BCUT2D eigenvalue weighted by Crippen LogP contribution is -2.16. The van der Waals surface area contributed by atoms with Crippen LogP contribution in [-0.4, -0.2) is 9.13 Å². The maximum Gasteiger partial charge on any atom is 0.0719 e. The quantitative estimate of drug-likeness (QED) is 0.169. The van der Waals surface area contributed by atoms with Gasteiger partial charge in [0, 0.05) is 66.2 Å². The largest absolute Gasteiger partial charge is 0.310 e. The van der Waals surface area contributed by atoms with Crippen molar-refractivity contribution in [2.75, 3.05) is 4.90 Å². The maximum absolute atomic E-state index is 2.50. The van der Waals surface area contributed by atoms with Gasteiger partial charge in [0.25, 0.3) is 0 Å². The van der Waals surface area contributed by atoms with E-state index in [9.17, 15) is 0 Å². The number of thiophene rings is 1. The van der Waals surface area contributed by atoms with E-state index in [0.29, 0.717) is 0 Å². The third-order valence-electron chi connectivity index (χ3n) is 13.3. The number of anilines is 3. The molecule has 9 aromatic carbocycles. The minimum absolute atomic E-state index is 0.0908. The molecule has 0 atom stereocenters. The summed E-state index contributed by atoms with van der Waals surface area (Å²) in [6, 6.07) is 73.8. The number of aromatic nitrogens is 2. The van der Waals surface area contributed by atoms with Crippen molar-refractivity contribution >= 4 is 92.2 Å². The van der Waals surface area contributed by atoms with Crippen LogP contribution in [0.2, 0.25) is 0 Å². The lowest BCUT2D eigenvalue weighted by atomic mass is 9.82. The third kappa shape index (κ3) is 4.85. The number of hydrogen-bond donors (Lipinski definition) is 0. The van der Waals surface area contributed by atoms with E-state index >= 15 is 0 Å². The number of para-hydroxylation sites is 4. The van der Waals surface area contributed by atoms with E-state index in [1.54, 1.807) is 0 Å². The van der Waals surface area contributed by atoms with E-state index < -0.39 is 0 Å². The Morgan fingerprint density at radius 3 is 1.49 bits per heavy atom. The molecule has 1 aliphatic carbocycles. The standard InChI is InChI=1S/C57H39N3S/c1-57(2)49-22-12-9-19-41(49)42-30-29-40(35-50(42)57)58(36-15-5-3-6-16-36)38-25-27-39(28-26-38)60-52-24-14-11-21-44(52)46-32-34-48-47-33-31-45-43-20-10-13-23-51(43)59(37-17-7-4-8-18-37)53(45)55(47)61-56(48)54(46)60/h3-35H,1-2H3. The van der Waals surface area contributed by atoms with Crippen molar-refractivity contribution in [3.8, 4) is 22.5 Å². The van der Waals surface area contributed by atoms with E-state index in [0.717, 1.165) is 22.7 Å². The molecule has 3 heterocycles. The molecule has 3 aromatic heterocycles. The molecule has 12 aromatic rings. The average Bonchev–Trinajstić information content (AvgIpc) is 4.03. The van der Waals surface area contributed by atoms with E-state index in [1.165, 1.54) is 91.7 Å². The molecule has 61 heavy (non-hydrogen) atoms. The second kappa shape index (κ2) is 12.8. The van der Waals surface area contributed by atoms with Gasteiger partial charge in [-0.2, -0.15) is 0 Å². The average molecular weight is 798 g/mol. The van der Waals surface area contributed by atoms with Crippen LogP contribution < -0.4 is 4.90 Å². The molecule has 0 N–H and O–H groups in total. The van der Waals surface area contributed by atoms with Crippen molar-refractivity contribution in [3.05, 3.63) is 211 Å². The molecule has 3 nitrogen and oxygen atoms in total.